The van der Waals surface area contributed by atoms with Crippen LogP contribution >= 0.6 is 0 Å². The lowest BCUT2D eigenvalue weighted by molar-refractivity contribution is 0.173. The van der Waals surface area contributed by atoms with Crippen LogP contribution in [0.1, 0.15) is 18.0 Å². The molecule has 16 heavy (non-hydrogen) atoms. The summed E-state index contributed by atoms with van der Waals surface area (Å²) in [4.78, 5) is 2.37. The van der Waals surface area contributed by atoms with Crippen molar-refractivity contribution in [1.29, 1.82) is 0 Å². The Bertz CT molecular complexity index is 334. The number of halogens is 1. The molecule has 1 N–H and O–H groups in total. The predicted molar refractivity (Wildman–Crippen MR) is 63.6 cm³/mol. The van der Waals surface area contributed by atoms with Gasteiger partial charge in [-0.3, -0.25) is 4.90 Å². The Morgan fingerprint density at radius 3 is 2.75 bits per heavy atom. The van der Waals surface area contributed by atoms with Crippen LogP contribution in [0.2, 0.25) is 0 Å². The van der Waals surface area contributed by atoms with Crippen molar-refractivity contribution >= 4 is 0 Å². The Morgan fingerprint density at radius 1 is 1.38 bits per heavy atom. The smallest absolute Gasteiger partial charge is 0.123 e. The van der Waals surface area contributed by atoms with E-state index in [0.29, 0.717) is 0 Å². The van der Waals surface area contributed by atoms with Crippen LogP contribution in [-0.4, -0.2) is 31.1 Å². The molecule has 87 valence electrons. The molecule has 1 heterocycles. The highest BCUT2D eigenvalue weighted by Crippen LogP contribution is 2.24. The van der Waals surface area contributed by atoms with Crippen molar-refractivity contribution in [3.8, 4) is 0 Å². The summed E-state index contributed by atoms with van der Waals surface area (Å²) in [6, 6.07) is 7.12. The van der Waals surface area contributed by atoms with Crippen LogP contribution in [0.25, 0.3) is 0 Å². The van der Waals surface area contributed by atoms with E-state index in [1.54, 1.807) is 12.1 Å². The van der Waals surface area contributed by atoms with E-state index < -0.39 is 0 Å². The topological polar surface area (TPSA) is 15.3 Å². The average molecular weight is 221 g/mol. The molecule has 0 spiro atoms. The van der Waals surface area contributed by atoms with E-state index in [4.69, 9.17) is 0 Å². The van der Waals surface area contributed by atoms with Gasteiger partial charge in [-0.25, -0.2) is 4.39 Å². The van der Waals surface area contributed by atoms with Gasteiger partial charge in [0.05, 0.1) is 0 Å². The van der Waals surface area contributed by atoms with Crippen LogP contribution in [0.5, 0.6) is 0 Å². The Labute approximate surface area is 96.5 Å². The van der Waals surface area contributed by atoms with Crippen LogP contribution in [0.4, 0.5) is 4.39 Å². The molecule has 1 aromatic rings. The zero-order valence-electron chi connectivity index (χ0n) is 9.45. The van der Waals surface area contributed by atoms with Gasteiger partial charge >= 0.3 is 0 Å². The fraction of sp³-hybridized carbons (Fsp3) is 0.462. The largest absolute Gasteiger partial charge is 0.314 e. The zero-order chi connectivity index (χ0) is 11.4. The predicted octanol–water partition coefficient (Wildman–Crippen LogP) is 2.00. The van der Waals surface area contributed by atoms with Crippen LogP contribution in [0, 0.1) is 12.7 Å². The number of hydrogen-bond acceptors (Lipinski definition) is 2. The lowest BCUT2D eigenvalue weighted by atomic mass is 10.0. The summed E-state index contributed by atoms with van der Waals surface area (Å²) in [5.74, 6) is -0.161. The molecule has 1 unspecified atom stereocenters. The molecule has 2 rings (SSSR count). The van der Waals surface area contributed by atoms with Crippen molar-refractivity contribution in [2.75, 3.05) is 26.2 Å². The molecule has 1 aliphatic heterocycles. The Balaban J connectivity index is 2.14. The number of nitrogens with one attached hydrogen (secondary N) is 1. The van der Waals surface area contributed by atoms with E-state index in [2.05, 4.69) is 17.1 Å². The number of benzene rings is 1. The van der Waals surface area contributed by atoms with Crippen LogP contribution in [-0.2, 0) is 0 Å². The Kier molecular flexibility index (Phi) is 3.91. The highest BCUT2D eigenvalue weighted by atomic mass is 19.1. The fourth-order valence-corrected chi connectivity index (χ4v) is 2.27. The highest BCUT2D eigenvalue weighted by molar-refractivity contribution is 5.20. The summed E-state index contributed by atoms with van der Waals surface area (Å²) in [6.45, 7) is 8.02. The summed E-state index contributed by atoms with van der Waals surface area (Å²) in [6.07, 6.45) is 0.781. The van der Waals surface area contributed by atoms with Crippen molar-refractivity contribution in [2.45, 2.75) is 12.5 Å². The van der Waals surface area contributed by atoms with Crippen molar-refractivity contribution in [2.24, 2.45) is 0 Å². The van der Waals surface area contributed by atoms with Crippen LogP contribution in [0.3, 0.4) is 0 Å². The lowest BCUT2D eigenvalue weighted by Gasteiger charge is -2.34. The number of piperazine rings is 1. The third kappa shape index (κ3) is 2.60. The number of hydrogen-bond donors (Lipinski definition) is 1. The first-order valence-corrected chi connectivity index (χ1v) is 5.81. The van der Waals surface area contributed by atoms with E-state index in [1.165, 1.54) is 6.07 Å². The minimum atomic E-state index is -0.161. The molecule has 0 bridgehead atoms. The van der Waals surface area contributed by atoms with Crippen molar-refractivity contribution in [1.82, 2.24) is 10.2 Å². The van der Waals surface area contributed by atoms with Gasteiger partial charge in [0.2, 0.25) is 0 Å². The van der Waals surface area contributed by atoms with Crippen LogP contribution < -0.4 is 5.32 Å². The number of rotatable bonds is 3. The molecule has 1 aromatic carbocycles. The zero-order valence-corrected chi connectivity index (χ0v) is 9.45. The maximum atomic E-state index is 13.2. The molecule has 1 aliphatic rings. The number of nitrogens with zero attached hydrogens (tertiary/aromatic N) is 1. The van der Waals surface area contributed by atoms with E-state index in [1.807, 2.05) is 6.07 Å². The summed E-state index contributed by atoms with van der Waals surface area (Å²) < 4.78 is 13.2. The standard InChI is InChI=1S/C13H18FN2/c1-2-13(16-8-6-15-7-9-16)11-4-3-5-12(14)10-11/h3-5,10,13,15H,1-2,6-9H2. The SMILES string of the molecule is [CH2]CC(c1cccc(F)c1)N1CCNCC1. The first-order valence-electron chi connectivity index (χ1n) is 5.81. The average Bonchev–Trinajstić information content (AvgIpc) is 2.31. The molecule has 0 saturated carbocycles. The van der Waals surface area contributed by atoms with Gasteiger partial charge < -0.3 is 5.32 Å². The second-order valence-corrected chi connectivity index (χ2v) is 4.15. The van der Waals surface area contributed by atoms with E-state index >= 15 is 0 Å². The maximum absolute atomic E-state index is 13.2. The van der Waals surface area contributed by atoms with E-state index in [-0.39, 0.29) is 11.9 Å². The van der Waals surface area contributed by atoms with Gasteiger partial charge in [-0.1, -0.05) is 19.1 Å². The molecule has 1 radical (unpaired) electrons. The third-order valence-corrected chi connectivity index (χ3v) is 3.10. The Morgan fingerprint density at radius 2 is 2.12 bits per heavy atom. The summed E-state index contributed by atoms with van der Waals surface area (Å²) in [5, 5.41) is 3.32. The highest BCUT2D eigenvalue weighted by Gasteiger charge is 2.20. The Hall–Kier alpha value is -0.930. The van der Waals surface area contributed by atoms with Gasteiger partial charge in [0, 0.05) is 32.2 Å². The van der Waals surface area contributed by atoms with Crippen LogP contribution in [0.15, 0.2) is 24.3 Å². The van der Waals surface area contributed by atoms with Crippen molar-refractivity contribution in [3.63, 3.8) is 0 Å². The van der Waals surface area contributed by atoms with Crippen molar-refractivity contribution in [3.05, 3.63) is 42.6 Å². The molecular formula is C13H18FN2. The molecule has 1 saturated heterocycles. The molecule has 0 aromatic heterocycles. The summed E-state index contributed by atoms with van der Waals surface area (Å²) in [7, 11) is 0. The normalized spacial score (nSPS) is 19.6. The quantitative estimate of drug-likeness (QED) is 0.839. The van der Waals surface area contributed by atoms with Gasteiger partial charge in [-0.2, -0.15) is 0 Å². The first-order chi connectivity index (χ1) is 7.81. The second-order valence-electron chi connectivity index (χ2n) is 4.15. The minimum absolute atomic E-state index is 0.161. The minimum Gasteiger partial charge on any atom is -0.314 e. The monoisotopic (exact) mass is 221 g/mol. The second kappa shape index (κ2) is 5.41. The van der Waals surface area contributed by atoms with Gasteiger partial charge in [-0.15, -0.1) is 0 Å². The fourth-order valence-electron chi connectivity index (χ4n) is 2.27. The third-order valence-electron chi connectivity index (χ3n) is 3.10. The molecular weight excluding hydrogens is 203 g/mol. The van der Waals surface area contributed by atoms with Gasteiger partial charge in [-0.05, 0) is 24.1 Å². The molecule has 0 aliphatic carbocycles. The molecule has 1 atom stereocenters. The molecule has 3 heteroatoms. The molecule has 2 nitrogen and oxygen atoms in total. The van der Waals surface area contributed by atoms with Gasteiger partial charge in [0.15, 0.2) is 0 Å². The summed E-state index contributed by atoms with van der Waals surface area (Å²) in [5.41, 5.74) is 1.04. The van der Waals surface area contributed by atoms with E-state index in [9.17, 15) is 4.39 Å². The van der Waals surface area contributed by atoms with E-state index in [0.717, 1.165) is 38.2 Å². The summed E-state index contributed by atoms with van der Waals surface area (Å²) >= 11 is 0. The molecule has 0 amide bonds. The maximum Gasteiger partial charge on any atom is 0.123 e. The molecule has 1 fully saturated rings. The first kappa shape index (κ1) is 11.6. The van der Waals surface area contributed by atoms with Crippen molar-refractivity contribution < 1.29 is 4.39 Å². The van der Waals surface area contributed by atoms with Gasteiger partial charge in [0.1, 0.15) is 5.82 Å². The lowest BCUT2D eigenvalue weighted by Crippen LogP contribution is -2.45. The van der Waals surface area contributed by atoms with Gasteiger partial charge in [0.25, 0.3) is 0 Å².